The van der Waals surface area contributed by atoms with Crippen LogP contribution in [0.4, 0.5) is 22.0 Å². The second-order valence-corrected chi connectivity index (χ2v) is 3.13. The fourth-order valence-corrected chi connectivity index (χ4v) is 1.55. The van der Waals surface area contributed by atoms with Crippen molar-refractivity contribution in [2.45, 2.75) is 24.9 Å². The number of rotatable bonds is 0. The van der Waals surface area contributed by atoms with Gasteiger partial charge in [-0.25, -0.2) is 0 Å². The summed E-state index contributed by atoms with van der Waals surface area (Å²) < 4.78 is 62.4. The van der Waals surface area contributed by atoms with Gasteiger partial charge in [-0.3, -0.25) is 5.10 Å². The van der Waals surface area contributed by atoms with E-state index < -0.39 is 35.5 Å². The zero-order chi connectivity index (χ0) is 10.6. The largest absolute Gasteiger partial charge is 0.435 e. The zero-order valence-corrected chi connectivity index (χ0v) is 6.75. The van der Waals surface area contributed by atoms with Crippen molar-refractivity contribution in [3.8, 4) is 0 Å². The predicted molar refractivity (Wildman–Crippen MR) is 35.8 cm³/mol. The molecule has 0 saturated carbocycles. The second kappa shape index (κ2) is 2.46. The number of aromatic amines is 1. The Hall–Kier alpha value is -1.14. The van der Waals surface area contributed by atoms with Crippen molar-refractivity contribution in [3.05, 3.63) is 17.0 Å². The van der Waals surface area contributed by atoms with E-state index >= 15 is 0 Å². The normalized spacial score (nSPS) is 19.8. The van der Waals surface area contributed by atoms with Crippen molar-refractivity contribution >= 4 is 0 Å². The number of hydrogen-bond donors (Lipinski definition) is 1. The molecule has 0 radical (unpaired) electrons. The number of alkyl halides is 5. The Morgan fingerprint density at radius 1 is 1.29 bits per heavy atom. The van der Waals surface area contributed by atoms with E-state index in [4.69, 9.17) is 0 Å². The number of aromatic nitrogens is 2. The van der Waals surface area contributed by atoms with Gasteiger partial charge in [0, 0.05) is 12.0 Å². The standard InChI is InChI=1S/C7H5F5N2/c8-6(9)2-1-3-4(6)13-14-5(3)7(10,11)12/h1-2H2,(H,13,14). The van der Waals surface area contributed by atoms with Crippen LogP contribution < -0.4 is 0 Å². The first-order valence-corrected chi connectivity index (χ1v) is 3.85. The molecule has 1 N–H and O–H groups in total. The maximum absolute atomic E-state index is 12.9. The Morgan fingerprint density at radius 2 is 1.93 bits per heavy atom. The Labute approximate surface area is 75.1 Å². The second-order valence-electron chi connectivity index (χ2n) is 3.13. The molecule has 1 aliphatic rings. The van der Waals surface area contributed by atoms with E-state index in [0.717, 1.165) is 0 Å². The topological polar surface area (TPSA) is 28.7 Å². The molecule has 1 aromatic rings. The lowest BCUT2D eigenvalue weighted by atomic mass is 10.2. The quantitative estimate of drug-likeness (QED) is 0.657. The SMILES string of the molecule is FC(F)(F)c1n[nH]c2c1CCC2(F)F. The monoisotopic (exact) mass is 212 g/mol. The molecule has 7 heteroatoms. The van der Waals surface area contributed by atoms with Gasteiger partial charge in [0.25, 0.3) is 5.92 Å². The molecule has 0 atom stereocenters. The molecule has 78 valence electrons. The van der Waals surface area contributed by atoms with Crippen LogP contribution in [0.1, 0.15) is 23.4 Å². The van der Waals surface area contributed by atoms with Crippen LogP contribution >= 0.6 is 0 Å². The molecule has 0 unspecified atom stereocenters. The molecule has 14 heavy (non-hydrogen) atoms. The van der Waals surface area contributed by atoms with Crippen molar-refractivity contribution < 1.29 is 22.0 Å². The smallest absolute Gasteiger partial charge is 0.276 e. The highest BCUT2D eigenvalue weighted by Gasteiger charge is 2.48. The lowest BCUT2D eigenvalue weighted by molar-refractivity contribution is -0.141. The van der Waals surface area contributed by atoms with E-state index in [1.165, 1.54) is 0 Å². The summed E-state index contributed by atoms with van der Waals surface area (Å²) in [7, 11) is 0. The van der Waals surface area contributed by atoms with Gasteiger partial charge in [0.1, 0.15) is 5.69 Å². The Balaban J connectivity index is 2.51. The summed E-state index contributed by atoms with van der Waals surface area (Å²) in [5, 5.41) is 4.64. The van der Waals surface area contributed by atoms with Gasteiger partial charge in [-0.15, -0.1) is 0 Å². The van der Waals surface area contributed by atoms with Gasteiger partial charge in [0.05, 0.1) is 0 Å². The Morgan fingerprint density at radius 3 is 2.50 bits per heavy atom. The molecule has 1 heterocycles. The van der Waals surface area contributed by atoms with Crippen LogP contribution in [0.15, 0.2) is 0 Å². The van der Waals surface area contributed by atoms with Crippen molar-refractivity contribution in [1.29, 1.82) is 0 Å². The maximum Gasteiger partial charge on any atom is 0.435 e. The minimum absolute atomic E-state index is 0.284. The molecule has 0 amide bonds. The first-order valence-electron chi connectivity index (χ1n) is 3.85. The summed E-state index contributed by atoms with van der Waals surface area (Å²) in [5.74, 6) is -3.20. The van der Waals surface area contributed by atoms with Crippen molar-refractivity contribution in [2.75, 3.05) is 0 Å². The van der Waals surface area contributed by atoms with Gasteiger partial charge >= 0.3 is 6.18 Å². The maximum atomic E-state index is 12.9. The van der Waals surface area contributed by atoms with Crippen molar-refractivity contribution in [2.24, 2.45) is 0 Å². The van der Waals surface area contributed by atoms with Crippen molar-refractivity contribution in [1.82, 2.24) is 10.2 Å². The van der Waals surface area contributed by atoms with Crippen molar-refractivity contribution in [3.63, 3.8) is 0 Å². The summed E-state index contributed by atoms with van der Waals surface area (Å²) in [4.78, 5) is 0. The number of nitrogens with zero attached hydrogens (tertiary/aromatic N) is 1. The third-order valence-corrected chi connectivity index (χ3v) is 2.19. The average molecular weight is 212 g/mol. The van der Waals surface area contributed by atoms with Crippen LogP contribution in [0.25, 0.3) is 0 Å². The summed E-state index contributed by atoms with van der Waals surface area (Å²) in [5.41, 5.74) is -2.31. The number of nitrogens with one attached hydrogen (secondary N) is 1. The fraction of sp³-hybridized carbons (Fsp3) is 0.571. The van der Waals surface area contributed by atoms with Crippen LogP contribution in [0, 0.1) is 0 Å². The summed E-state index contributed by atoms with van der Waals surface area (Å²) in [6.07, 6.45) is -5.53. The third kappa shape index (κ3) is 1.18. The fourth-order valence-electron chi connectivity index (χ4n) is 1.55. The molecule has 2 rings (SSSR count). The average Bonchev–Trinajstić information content (AvgIpc) is 2.51. The van der Waals surface area contributed by atoms with Gasteiger partial charge in [-0.2, -0.15) is 27.1 Å². The number of fused-ring (bicyclic) bond motifs is 1. The minimum atomic E-state index is -4.66. The van der Waals surface area contributed by atoms with Gasteiger partial charge < -0.3 is 0 Å². The van der Waals surface area contributed by atoms with Gasteiger partial charge in [-0.1, -0.05) is 0 Å². The molecule has 0 spiro atoms. The highest BCUT2D eigenvalue weighted by atomic mass is 19.4. The van der Waals surface area contributed by atoms with Crippen LogP contribution in [-0.2, 0) is 18.5 Å². The Bertz CT molecular complexity index is 365. The minimum Gasteiger partial charge on any atom is -0.276 e. The van der Waals surface area contributed by atoms with E-state index in [-0.39, 0.29) is 6.42 Å². The zero-order valence-electron chi connectivity index (χ0n) is 6.75. The van der Waals surface area contributed by atoms with E-state index in [0.29, 0.717) is 0 Å². The van der Waals surface area contributed by atoms with Gasteiger partial charge in [-0.05, 0) is 6.42 Å². The molecule has 2 nitrogen and oxygen atoms in total. The number of hydrogen-bond acceptors (Lipinski definition) is 1. The summed E-state index contributed by atoms with van der Waals surface area (Å²) in [6.45, 7) is 0. The van der Waals surface area contributed by atoms with Gasteiger partial charge in [0.15, 0.2) is 5.69 Å². The number of halogens is 5. The molecular weight excluding hydrogens is 207 g/mol. The van der Waals surface area contributed by atoms with E-state index in [2.05, 4.69) is 5.10 Å². The Kier molecular flexibility index (Phi) is 1.65. The van der Waals surface area contributed by atoms with E-state index in [9.17, 15) is 22.0 Å². The molecule has 0 saturated heterocycles. The molecule has 0 aromatic carbocycles. The highest BCUT2D eigenvalue weighted by molar-refractivity contribution is 5.34. The van der Waals surface area contributed by atoms with Crippen LogP contribution in [0.2, 0.25) is 0 Å². The highest BCUT2D eigenvalue weighted by Crippen LogP contribution is 2.44. The van der Waals surface area contributed by atoms with Crippen LogP contribution in [-0.4, -0.2) is 10.2 Å². The van der Waals surface area contributed by atoms with Crippen LogP contribution in [0.5, 0.6) is 0 Å². The molecule has 0 bridgehead atoms. The molecule has 0 aliphatic heterocycles. The predicted octanol–water partition coefficient (Wildman–Crippen LogP) is 2.47. The molecule has 0 fully saturated rings. The first kappa shape index (κ1) is 9.42. The molecular formula is C7H5F5N2. The molecule has 1 aromatic heterocycles. The first-order chi connectivity index (χ1) is 6.32. The number of H-pyrrole nitrogens is 1. The van der Waals surface area contributed by atoms with E-state index in [1.807, 2.05) is 0 Å². The van der Waals surface area contributed by atoms with Gasteiger partial charge in [0.2, 0.25) is 0 Å². The lowest BCUT2D eigenvalue weighted by Gasteiger charge is -2.05. The van der Waals surface area contributed by atoms with E-state index in [1.54, 1.807) is 5.10 Å². The summed E-state index contributed by atoms with van der Waals surface area (Å²) >= 11 is 0. The lowest BCUT2D eigenvalue weighted by Crippen LogP contribution is -2.08. The summed E-state index contributed by atoms with van der Waals surface area (Å²) in [6, 6.07) is 0. The van der Waals surface area contributed by atoms with Crippen LogP contribution in [0.3, 0.4) is 0 Å². The molecule has 1 aliphatic carbocycles. The third-order valence-electron chi connectivity index (χ3n) is 2.19.